The molecule has 112 valence electrons. The maximum Gasteiger partial charge on any atom is 0.128 e. The van der Waals surface area contributed by atoms with Crippen LogP contribution >= 0.6 is 0 Å². The fourth-order valence-electron chi connectivity index (χ4n) is 2.96. The van der Waals surface area contributed by atoms with Gasteiger partial charge in [0, 0.05) is 18.4 Å². The largest absolute Gasteiger partial charge is 0.383 e. The van der Waals surface area contributed by atoms with E-state index in [-0.39, 0.29) is 11.6 Å². The van der Waals surface area contributed by atoms with Gasteiger partial charge in [-0.2, -0.15) is 0 Å². The van der Waals surface area contributed by atoms with Gasteiger partial charge in [0.2, 0.25) is 0 Å². The average Bonchev–Trinajstić information content (AvgIpc) is 2.43. The van der Waals surface area contributed by atoms with Crippen molar-refractivity contribution in [2.45, 2.75) is 58.1 Å². The van der Waals surface area contributed by atoms with Crippen LogP contribution in [-0.2, 0) is 4.74 Å². The molecule has 1 aromatic rings. The lowest BCUT2D eigenvalue weighted by molar-refractivity contribution is -0.0896. The second-order valence-electron chi connectivity index (χ2n) is 5.99. The molecular weight excluding hydrogens is 250 g/mol. The monoisotopic (exact) mass is 277 g/mol. The van der Waals surface area contributed by atoms with E-state index in [4.69, 9.17) is 10.5 Å². The van der Waals surface area contributed by atoms with Crippen molar-refractivity contribution in [3.63, 3.8) is 0 Å². The zero-order valence-electron chi connectivity index (χ0n) is 12.9. The number of aromatic nitrogens is 1. The number of pyridine rings is 1. The van der Waals surface area contributed by atoms with Crippen LogP contribution in [0.2, 0.25) is 0 Å². The number of nitrogens with zero attached hydrogens (tertiary/aromatic N) is 1. The fraction of sp³-hybridized carbons (Fsp3) is 0.688. The first kappa shape index (κ1) is 15.3. The Kier molecular flexibility index (Phi) is 5.00. The Morgan fingerprint density at radius 3 is 2.95 bits per heavy atom. The summed E-state index contributed by atoms with van der Waals surface area (Å²) in [5.74, 6) is 0.611. The molecule has 0 bridgehead atoms. The summed E-state index contributed by atoms with van der Waals surface area (Å²) in [6.07, 6.45) is 6.32. The highest BCUT2D eigenvalue weighted by Gasteiger charge is 2.38. The molecule has 20 heavy (non-hydrogen) atoms. The Morgan fingerprint density at radius 1 is 1.50 bits per heavy atom. The molecule has 0 spiro atoms. The number of nitrogens with two attached hydrogens (primary N) is 1. The van der Waals surface area contributed by atoms with Crippen LogP contribution in [0, 0.1) is 6.92 Å². The normalized spacial score (nSPS) is 24.6. The zero-order valence-corrected chi connectivity index (χ0v) is 12.9. The summed E-state index contributed by atoms with van der Waals surface area (Å²) < 4.78 is 6.13. The van der Waals surface area contributed by atoms with Gasteiger partial charge in [-0.05, 0) is 57.7 Å². The third-order valence-corrected chi connectivity index (χ3v) is 4.11. The van der Waals surface area contributed by atoms with Gasteiger partial charge in [0.15, 0.2) is 0 Å². The Bertz CT molecular complexity index is 441. The minimum atomic E-state index is -0.197. The first-order valence-corrected chi connectivity index (χ1v) is 7.66. The number of hydrogen-bond donors (Lipinski definition) is 2. The molecule has 0 saturated carbocycles. The average molecular weight is 277 g/mol. The zero-order chi connectivity index (χ0) is 14.6. The van der Waals surface area contributed by atoms with Gasteiger partial charge in [0.25, 0.3) is 0 Å². The third-order valence-electron chi connectivity index (χ3n) is 4.11. The lowest BCUT2D eigenvalue weighted by Crippen LogP contribution is -2.46. The van der Waals surface area contributed by atoms with Gasteiger partial charge in [-0.25, -0.2) is 4.98 Å². The van der Waals surface area contributed by atoms with E-state index in [0.717, 1.165) is 43.5 Å². The van der Waals surface area contributed by atoms with Gasteiger partial charge < -0.3 is 15.8 Å². The SMILES string of the molecule is CCCNC(c1cc(C)cnc1N)C1(C)CCCCO1. The molecule has 1 saturated heterocycles. The molecule has 2 unspecified atom stereocenters. The molecule has 1 aliphatic rings. The number of rotatable bonds is 5. The fourth-order valence-corrected chi connectivity index (χ4v) is 2.96. The lowest BCUT2D eigenvalue weighted by atomic mass is 9.84. The third kappa shape index (κ3) is 3.30. The summed E-state index contributed by atoms with van der Waals surface area (Å²) in [4.78, 5) is 4.32. The van der Waals surface area contributed by atoms with Gasteiger partial charge in [-0.3, -0.25) is 0 Å². The molecule has 4 heteroatoms. The van der Waals surface area contributed by atoms with Crippen molar-refractivity contribution in [2.75, 3.05) is 18.9 Å². The van der Waals surface area contributed by atoms with Gasteiger partial charge in [-0.15, -0.1) is 0 Å². The second-order valence-corrected chi connectivity index (χ2v) is 5.99. The van der Waals surface area contributed by atoms with Crippen molar-refractivity contribution >= 4 is 5.82 Å². The van der Waals surface area contributed by atoms with Crippen LogP contribution in [0.5, 0.6) is 0 Å². The standard InChI is InChI=1S/C16H27N3O/c1-4-8-18-14(16(3)7-5-6-9-20-16)13-10-12(2)11-19-15(13)17/h10-11,14,18H,4-9H2,1-3H3,(H2,17,19). The summed E-state index contributed by atoms with van der Waals surface area (Å²) in [5, 5.41) is 3.62. The minimum Gasteiger partial charge on any atom is -0.383 e. The summed E-state index contributed by atoms with van der Waals surface area (Å²) in [7, 11) is 0. The first-order chi connectivity index (χ1) is 9.57. The Labute approximate surface area is 122 Å². The number of nitrogen functional groups attached to an aromatic ring is 1. The smallest absolute Gasteiger partial charge is 0.128 e. The van der Waals surface area contributed by atoms with Gasteiger partial charge in [0.05, 0.1) is 11.6 Å². The predicted octanol–water partition coefficient (Wildman–Crippen LogP) is 2.97. The predicted molar refractivity (Wildman–Crippen MR) is 82.6 cm³/mol. The van der Waals surface area contributed by atoms with Crippen LogP contribution in [0.25, 0.3) is 0 Å². The Balaban J connectivity index is 2.33. The molecule has 0 amide bonds. The molecule has 2 heterocycles. The molecule has 0 radical (unpaired) electrons. The number of ether oxygens (including phenoxy) is 1. The highest BCUT2D eigenvalue weighted by atomic mass is 16.5. The topological polar surface area (TPSA) is 60.2 Å². The van der Waals surface area contributed by atoms with E-state index in [1.807, 2.05) is 6.20 Å². The number of anilines is 1. The van der Waals surface area contributed by atoms with Crippen molar-refractivity contribution in [3.05, 3.63) is 23.4 Å². The summed E-state index contributed by atoms with van der Waals surface area (Å²) >= 11 is 0. The maximum atomic E-state index is 6.13. The highest BCUT2D eigenvalue weighted by molar-refractivity contribution is 5.44. The molecule has 0 aromatic carbocycles. The van der Waals surface area contributed by atoms with Crippen molar-refractivity contribution in [3.8, 4) is 0 Å². The van der Waals surface area contributed by atoms with Crippen LogP contribution in [0.1, 0.15) is 56.7 Å². The molecule has 3 N–H and O–H groups in total. The van der Waals surface area contributed by atoms with E-state index in [1.165, 1.54) is 6.42 Å². The first-order valence-electron chi connectivity index (χ1n) is 7.66. The quantitative estimate of drug-likeness (QED) is 0.868. The summed E-state index contributed by atoms with van der Waals surface area (Å²) in [5.41, 5.74) is 8.13. The van der Waals surface area contributed by atoms with Gasteiger partial charge in [0.1, 0.15) is 5.82 Å². The van der Waals surface area contributed by atoms with Gasteiger partial charge >= 0.3 is 0 Å². The van der Waals surface area contributed by atoms with Crippen molar-refractivity contribution in [2.24, 2.45) is 0 Å². The van der Waals surface area contributed by atoms with Crippen LogP contribution in [0.15, 0.2) is 12.3 Å². The number of hydrogen-bond acceptors (Lipinski definition) is 4. The van der Waals surface area contributed by atoms with E-state index in [0.29, 0.717) is 5.82 Å². The molecule has 2 atom stereocenters. The van der Waals surface area contributed by atoms with Crippen molar-refractivity contribution < 1.29 is 4.74 Å². The number of aryl methyl sites for hydroxylation is 1. The molecule has 1 aromatic heterocycles. The molecule has 4 nitrogen and oxygen atoms in total. The molecule has 1 aliphatic heterocycles. The van der Waals surface area contributed by atoms with E-state index in [1.54, 1.807) is 0 Å². The van der Waals surface area contributed by atoms with E-state index in [9.17, 15) is 0 Å². The molecular formula is C16H27N3O. The lowest BCUT2D eigenvalue weighted by Gasteiger charge is -2.41. The van der Waals surface area contributed by atoms with Crippen LogP contribution in [0.3, 0.4) is 0 Å². The van der Waals surface area contributed by atoms with Gasteiger partial charge in [-0.1, -0.05) is 6.92 Å². The summed E-state index contributed by atoms with van der Waals surface area (Å²) in [6.45, 7) is 8.21. The van der Waals surface area contributed by atoms with E-state index < -0.39 is 0 Å². The number of nitrogens with one attached hydrogen (secondary N) is 1. The van der Waals surface area contributed by atoms with Crippen molar-refractivity contribution in [1.82, 2.24) is 10.3 Å². The molecule has 2 rings (SSSR count). The minimum absolute atomic E-state index is 0.107. The van der Waals surface area contributed by atoms with E-state index in [2.05, 4.69) is 37.1 Å². The van der Waals surface area contributed by atoms with Crippen LogP contribution < -0.4 is 11.1 Å². The van der Waals surface area contributed by atoms with Crippen molar-refractivity contribution in [1.29, 1.82) is 0 Å². The molecule has 1 fully saturated rings. The van der Waals surface area contributed by atoms with Crippen LogP contribution in [-0.4, -0.2) is 23.7 Å². The highest BCUT2D eigenvalue weighted by Crippen LogP contribution is 2.38. The maximum absolute atomic E-state index is 6.13. The summed E-state index contributed by atoms with van der Waals surface area (Å²) in [6, 6.07) is 2.24. The van der Waals surface area contributed by atoms with E-state index >= 15 is 0 Å². The van der Waals surface area contributed by atoms with Crippen LogP contribution in [0.4, 0.5) is 5.82 Å². The Morgan fingerprint density at radius 2 is 2.30 bits per heavy atom. The Hall–Kier alpha value is -1.13. The molecule has 0 aliphatic carbocycles. The second kappa shape index (κ2) is 6.55.